The fourth-order valence-corrected chi connectivity index (χ4v) is 2.25. The molecule has 1 N–H and O–H groups in total. The maximum Gasteiger partial charge on any atom is 0.229 e. The Balaban J connectivity index is 1.91. The first-order chi connectivity index (χ1) is 9.20. The van der Waals surface area contributed by atoms with E-state index in [9.17, 15) is 9.90 Å². The summed E-state index contributed by atoms with van der Waals surface area (Å²) in [6.45, 7) is 4.10. The maximum absolute atomic E-state index is 12.2. The molecule has 0 aromatic carbocycles. The molecule has 1 aliphatic carbocycles. The van der Waals surface area contributed by atoms with Crippen LogP contribution >= 0.6 is 0 Å². The van der Waals surface area contributed by atoms with Gasteiger partial charge in [-0.1, -0.05) is 17.7 Å². The van der Waals surface area contributed by atoms with Gasteiger partial charge in [-0.2, -0.15) is 0 Å². The van der Waals surface area contributed by atoms with E-state index in [1.165, 1.54) is 5.57 Å². The first-order valence-corrected chi connectivity index (χ1v) is 6.51. The largest absolute Gasteiger partial charge is 0.448 e. The van der Waals surface area contributed by atoms with Crippen molar-refractivity contribution in [1.82, 2.24) is 0 Å². The number of anilines is 1. The second-order valence-electron chi connectivity index (χ2n) is 4.70. The number of hydrogen-bond donors (Lipinski definition) is 1. The summed E-state index contributed by atoms with van der Waals surface area (Å²) in [5.74, 6) is 0.558. The molecule has 0 radical (unpaired) electrons. The van der Waals surface area contributed by atoms with Gasteiger partial charge in [0.15, 0.2) is 0 Å². The second kappa shape index (κ2) is 6.38. The first-order valence-electron chi connectivity index (χ1n) is 6.51. The number of hydrogen-bond acceptors (Lipinski definition) is 3. The van der Waals surface area contributed by atoms with Crippen LogP contribution in [0.2, 0.25) is 0 Å². The van der Waals surface area contributed by atoms with Crippen LogP contribution in [0.3, 0.4) is 0 Å². The molecule has 1 atom stereocenters. The molecule has 0 saturated heterocycles. The summed E-state index contributed by atoms with van der Waals surface area (Å²) in [5, 5.41) is 9.43. The van der Waals surface area contributed by atoms with Gasteiger partial charge in [0.2, 0.25) is 11.8 Å². The van der Waals surface area contributed by atoms with Gasteiger partial charge in [0.1, 0.15) is 0 Å². The van der Waals surface area contributed by atoms with Crippen LogP contribution in [-0.4, -0.2) is 23.7 Å². The van der Waals surface area contributed by atoms with Crippen molar-refractivity contribution in [3.05, 3.63) is 42.7 Å². The molecule has 1 aliphatic rings. The van der Waals surface area contributed by atoms with E-state index >= 15 is 0 Å². The second-order valence-corrected chi connectivity index (χ2v) is 4.70. The van der Waals surface area contributed by atoms with Crippen LogP contribution in [0, 0.1) is 0 Å². The van der Waals surface area contributed by atoms with E-state index in [-0.39, 0.29) is 12.0 Å². The summed E-state index contributed by atoms with van der Waals surface area (Å²) in [6, 6.07) is 3.52. The predicted molar refractivity (Wildman–Crippen MR) is 73.8 cm³/mol. The number of carbonyl (C=O) groups is 1. The van der Waals surface area contributed by atoms with Crippen LogP contribution in [0.4, 0.5) is 5.88 Å². The number of aliphatic hydroxyl groups excluding tert-OH is 1. The van der Waals surface area contributed by atoms with E-state index in [4.69, 9.17) is 4.42 Å². The number of carbonyl (C=O) groups excluding carboxylic acids is 1. The van der Waals surface area contributed by atoms with E-state index in [0.717, 1.165) is 0 Å². The Morgan fingerprint density at radius 2 is 2.47 bits per heavy atom. The Hall–Kier alpha value is -1.81. The highest BCUT2D eigenvalue weighted by atomic mass is 16.3. The van der Waals surface area contributed by atoms with E-state index in [2.05, 4.69) is 6.58 Å². The van der Waals surface area contributed by atoms with Crippen LogP contribution < -0.4 is 4.90 Å². The summed E-state index contributed by atoms with van der Waals surface area (Å²) in [7, 11) is 0. The minimum absolute atomic E-state index is 0.0112. The summed E-state index contributed by atoms with van der Waals surface area (Å²) in [6.07, 6.45) is 7.51. The van der Waals surface area contributed by atoms with Gasteiger partial charge in [-0.25, -0.2) is 0 Å². The van der Waals surface area contributed by atoms with Gasteiger partial charge in [-0.05, 0) is 25.3 Å². The molecule has 1 aromatic heterocycles. The molecule has 1 unspecified atom stereocenters. The van der Waals surface area contributed by atoms with Gasteiger partial charge in [0.25, 0.3) is 0 Å². The minimum atomic E-state index is -0.264. The molecule has 4 heteroatoms. The molecular weight excluding hydrogens is 242 g/mol. The Labute approximate surface area is 113 Å². The molecule has 0 aliphatic heterocycles. The molecule has 102 valence electrons. The molecule has 19 heavy (non-hydrogen) atoms. The zero-order chi connectivity index (χ0) is 13.7. The third-order valence-corrected chi connectivity index (χ3v) is 3.22. The molecule has 1 aromatic rings. The fourth-order valence-electron chi connectivity index (χ4n) is 2.25. The van der Waals surface area contributed by atoms with Crippen molar-refractivity contribution in [2.24, 2.45) is 0 Å². The van der Waals surface area contributed by atoms with E-state index in [0.29, 0.717) is 38.1 Å². The zero-order valence-electron chi connectivity index (χ0n) is 10.9. The third-order valence-electron chi connectivity index (χ3n) is 3.22. The molecule has 0 bridgehead atoms. The van der Waals surface area contributed by atoms with Crippen LogP contribution in [0.1, 0.15) is 25.7 Å². The van der Waals surface area contributed by atoms with Gasteiger partial charge in [-0.15, -0.1) is 6.58 Å². The highest BCUT2D eigenvalue weighted by Crippen LogP contribution is 2.24. The van der Waals surface area contributed by atoms with Crippen molar-refractivity contribution in [2.45, 2.75) is 31.8 Å². The SMILES string of the molecule is C=CCN(C(=O)CCC1=CCC(O)C1)c1ccco1. The maximum atomic E-state index is 12.2. The van der Waals surface area contributed by atoms with Crippen molar-refractivity contribution < 1.29 is 14.3 Å². The van der Waals surface area contributed by atoms with Crippen molar-refractivity contribution in [2.75, 3.05) is 11.4 Å². The zero-order valence-corrected chi connectivity index (χ0v) is 10.9. The van der Waals surface area contributed by atoms with Gasteiger partial charge in [0.05, 0.1) is 12.4 Å². The molecular formula is C15H19NO3. The highest BCUT2D eigenvalue weighted by molar-refractivity contribution is 5.92. The fraction of sp³-hybridized carbons (Fsp3) is 0.400. The van der Waals surface area contributed by atoms with Crippen molar-refractivity contribution in [1.29, 1.82) is 0 Å². The van der Waals surface area contributed by atoms with Gasteiger partial charge in [-0.3, -0.25) is 9.69 Å². The third kappa shape index (κ3) is 3.58. The van der Waals surface area contributed by atoms with Crippen molar-refractivity contribution in [3.8, 4) is 0 Å². The molecule has 2 rings (SSSR count). The van der Waals surface area contributed by atoms with Gasteiger partial charge >= 0.3 is 0 Å². The highest BCUT2D eigenvalue weighted by Gasteiger charge is 2.19. The minimum Gasteiger partial charge on any atom is -0.448 e. The van der Waals surface area contributed by atoms with E-state index in [1.807, 2.05) is 6.08 Å². The Morgan fingerprint density at radius 1 is 1.63 bits per heavy atom. The Morgan fingerprint density at radius 3 is 3.05 bits per heavy atom. The monoisotopic (exact) mass is 261 g/mol. The number of furan rings is 1. The predicted octanol–water partition coefficient (Wildman–Crippen LogP) is 2.66. The molecule has 4 nitrogen and oxygen atoms in total. The van der Waals surface area contributed by atoms with Crippen LogP contribution in [0.15, 0.2) is 47.1 Å². The lowest BCUT2D eigenvalue weighted by Crippen LogP contribution is -2.30. The topological polar surface area (TPSA) is 53.7 Å². The van der Waals surface area contributed by atoms with Crippen LogP contribution in [0.25, 0.3) is 0 Å². The summed E-state index contributed by atoms with van der Waals surface area (Å²) in [5.41, 5.74) is 1.17. The molecule has 0 saturated carbocycles. The number of aliphatic hydroxyl groups is 1. The Kier molecular flexibility index (Phi) is 4.58. The van der Waals surface area contributed by atoms with E-state index in [1.54, 1.807) is 29.4 Å². The number of amides is 1. The van der Waals surface area contributed by atoms with Crippen molar-refractivity contribution >= 4 is 11.8 Å². The average molecular weight is 261 g/mol. The molecule has 0 spiro atoms. The Bertz CT molecular complexity index is 462. The summed E-state index contributed by atoms with van der Waals surface area (Å²) < 4.78 is 5.26. The lowest BCUT2D eigenvalue weighted by Gasteiger charge is -2.18. The number of rotatable bonds is 6. The molecule has 1 heterocycles. The average Bonchev–Trinajstić information content (AvgIpc) is 3.04. The smallest absolute Gasteiger partial charge is 0.229 e. The number of nitrogens with zero attached hydrogens (tertiary/aromatic N) is 1. The molecule has 1 amide bonds. The normalized spacial score (nSPS) is 18.2. The van der Waals surface area contributed by atoms with Crippen LogP contribution in [0.5, 0.6) is 0 Å². The molecule has 0 fully saturated rings. The lowest BCUT2D eigenvalue weighted by atomic mass is 10.1. The van der Waals surface area contributed by atoms with Crippen molar-refractivity contribution in [3.63, 3.8) is 0 Å². The van der Waals surface area contributed by atoms with Gasteiger partial charge in [0, 0.05) is 19.0 Å². The quantitative estimate of drug-likeness (QED) is 0.801. The van der Waals surface area contributed by atoms with Gasteiger partial charge < -0.3 is 9.52 Å². The standard InChI is InChI=1S/C15H19NO3/c1-2-9-16(15-4-3-10-19-15)14(18)8-6-12-5-7-13(17)11-12/h2-5,10,13,17H,1,6-9,11H2. The lowest BCUT2D eigenvalue weighted by molar-refractivity contribution is -0.118. The summed E-state index contributed by atoms with van der Waals surface area (Å²) >= 11 is 0. The first kappa shape index (κ1) is 13.6. The summed E-state index contributed by atoms with van der Waals surface area (Å²) in [4.78, 5) is 13.8. The van der Waals surface area contributed by atoms with E-state index < -0.39 is 0 Å². The van der Waals surface area contributed by atoms with Crippen LogP contribution in [-0.2, 0) is 4.79 Å².